The van der Waals surface area contributed by atoms with E-state index in [9.17, 15) is 9.18 Å². The van der Waals surface area contributed by atoms with Gasteiger partial charge in [0.1, 0.15) is 5.82 Å². The zero-order chi connectivity index (χ0) is 13.7. The fourth-order valence-corrected chi connectivity index (χ4v) is 2.83. The first-order chi connectivity index (χ1) is 9.15. The second-order valence-corrected chi connectivity index (χ2v) is 5.25. The Morgan fingerprint density at radius 3 is 2.42 bits per heavy atom. The van der Waals surface area contributed by atoms with E-state index in [1.54, 1.807) is 6.08 Å². The monoisotopic (exact) mass is 262 g/mol. The van der Waals surface area contributed by atoms with Crippen LogP contribution in [0.3, 0.4) is 0 Å². The molecule has 0 saturated heterocycles. The molecule has 0 bridgehead atoms. The molecule has 0 aromatic heterocycles. The van der Waals surface area contributed by atoms with Crippen molar-refractivity contribution in [2.75, 3.05) is 0 Å². The maximum Gasteiger partial charge on any atom is 0.327 e. The van der Waals surface area contributed by atoms with E-state index in [2.05, 4.69) is 0 Å². The molecule has 3 heteroatoms. The van der Waals surface area contributed by atoms with Crippen LogP contribution in [0, 0.1) is 11.7 Å². The van der Waals surface area contributed by atoms with Crippen LogP contribution in [0.1, 0.15) is 43.6 Å². The molecule has 2 nitrogen and oxygen atoms in total. The van der Waals surface area contributed by atoms with Gasteiger partial charge in [-0.2, -0.15) is 0 Å². The number of benzene rings is 1. The van der Waals surface area contributed by atoms with Crippen molar-refractivity contribution in [3.05, 3.63) is 47.8 Å². The summed E-state index contributed by atoms with van der Waals surface area (Å²) in [6.45, 7) is 0. The van der Waals surface area contributed by atoms with E-state index in [0.717, 1.165) is 32.1 Å². The van der Waals surface area contributed by atoms with Crippen molar-refractivity contribution in [1.29, 1.82) is 0 Å². The van der Waals surface area contributed by atoms with E-state index in [1.165, 1.54) is 23.8 Å². The van der Waals surface area contributed by atoms with Crippen molar-refractivity contribution in [3.63, 3.8) is 0 Å². The predicted octanol–water partition coefficient (Wildman–Crippen LogP) is 4.13. The quantitative estimate of drug-likeness (QED) is 0.828. The Hall–Kier alpha value is -1.64. The first-order valence-corrected chi connectivity index (χ1v) is 6.80. The summed E-state index contributed by atoms with van der Waals surface area (Å²) >= 11 is 0. The van der Waals surface area contributed by atoms with Crippen LogP contribution in [0.15, 0.2) is 36.4 Å². The third-order valence-electron chi connectivity index (χ3n) is 3.92. The summed E-state index contributed by atoms with van der Waals surface area (Å²) in [7, 11) is 0. The van der Waals surface area contributed by atoms with Crippen LogP contribution in [-0.2, 0) is 4.79 Å². The fourth-order valence-electron chi connectivity index (χ4n) is 2.83. The van der Waals surface area contributed by atoms with Crippen LogP contribution in [0.5, 0.6) is 0 Å². The maximum absolute atomic E-state index is 12.9. The standard InChI is InChI=1S/C16H19FO2/c17-15-10-8-14(9-11-15)13-6-4-12(5-7-13)2-1-3-16(18)19/h1,3,8-13H,2,4-7H2,(H,18,19)/b3-1+. The lowest BCUT2D eigenvalue weighted by atomic mass is 9.77. The highest BCUT2D eigenvalue weighted by Crippen LogP contribution is 2.37. The van der Waals surface area contributed by atoms with Gasteiger partial charge in [0.2, 0.25) is 0 Å². The zero-order valence-corrected chi connectivity index (χ0v) is 10.9. The summed E-state index contributed by atoms with van der Waals surface area (Å²) in [5.74, 6) is 0.0591. The first kappa shape index (κ1) is 13.8. The van der Waals surface area contributed by atoms with Crippen LogP contribution in [0.25, 0.3) is 0 Å². The van der Waals surface area contributed by atoms with Gasteiger partial charge in [0.15, 0.2) is 0 Å². The van der Waals surface area contributed by atoms with Gasteiger partial charge < -0.3 is 5.11 Å². The van der Waals surface area contributed by atoms with Crippen LogP contribution in [-0.4, -0.2) is 11.1 Å². The molecule has 1 aromatic rings. The zero-order valence-electron chi connectivity index (χ0n) is 10.9. The largest absolute Gasteiger partial charge is 0.478 e. The lowest BCUT2D eigenvalue weighted by Crippen LogP contribution is -2.13. The van der Waals surface area contributed by atoms with Gasteiger partial charge in [-0.25, -0.2) is 9.18 Å². The average molecular weight is 262 g/mol. The molecule has 1 aromatic carbocycles. The van der Waals surface area contributed by atoms with Crippen molar-refractivity contribution in [3.8, 4) is 0 Å². The first-order valence-electron chi connectivity index (χ1n) is 6.80. The Labute approximate surface area is 113 Å². The molecule has 0 unspecified atom stereocenters. The molecular weight excluding hydrogens is 243 g/mol. The van der Waals surface area contributed by atoms with Crippen LogP contribution in [0.4, 0.5) is 4.39 Å². The third kappa shape index (κ3) is 4.19. The highest BCUT2D eigenvalue weighted by atomic mass is 19.1. The molecule has 0 spiro atoms. The fraction of sp³-hybridized carbons (Fsp3) is 0.438. The summed E-state index contributed by atoms with van der Waals surface area (Å²) in [5, 5.41) is 8.54. The molecule has 0 aliphatic heterocycles. The molecule has 1 aliphatic rings. The normalized spacial score (nSPS) is 23.6. The van der Waals surface area contributed by atoms with Gasteiger partial charge in [0.25, 0.3) is 0 Å². The minimum atomic E-state index is -0.875. The molecule has 0 atom stereocenters. The number of allylic oxidation sites excluding steroid dienone is 1. The third-order valence-corrected chi connectivity index (χ3v) is 3.92. The van der Waals surface area contributed by atoms with E-state index < -0.39 is 5.97 Å². The lowest BCUT2D eigenvalue weighted by Gasteiger charge is -2.28. The molecule has 1 N–H and O–H groups in total. The van der Waals surface area contributed by atoms with E-state index in [0.29, 0.717) is 11.8 Å². The molecule has 1 fully saturated rings. The molecule has 19 heavy (non-hydrogen) atoms. The summed E-state index contributed by atoms with van der Waals surface area (Å²) in [6.07, 6.45) is 8.28. The van der Waals surface area contributed by atoms with Crippen molar-refractivity contribution in [2.24, 2.45) is 5.92 Å². The topological polar surface area (TPSA) is 37.3 Å². The molecule has 1 aliphatic carbocycles. The van der Waals surface area contributed by atoms with Crippen molar-refractivity contribution < 1.29 is 14.3 Å². The lowest BCUT2D eigenvalue weighted by molar-refractivity contribution is -0.131. The maximum atomic E-state index is 12.9. The van der Waals surface area contributed by atoms with Crippen molar-refractivity contribution in [1.82, 2.24) is 0 Å². The van der Waals surface area contributed by atoms with Gasteiger partial charge in [-0.15, -0.1) is 0 Å². The molecule has 0 radical (unpaired) electrons. The van der Waals surface area contributed by atoms with Gasteiger partial charge >= 0.3 is 5.97 Å². The number of hydrogen-bond donors (Lipinski definition) is 1. The van der Waals surface area contributed by atoms with E-state index in [1.807, 2.05) is 12.1 Å². The van der Waals surface area contributed by atoms with Crippen LogP contribution >= 0.6 is 0 Å². The molecular formula is C16H19FO2. The molecule has 2 rings (SSSR count). The second-order valence-electron chi connectivity index (χ2n) is 5.25. The van der Waals surface area contributed by atoms with Crippen LogP contribution in [0.2, 0.25) is 0 Å². The summed E-state index contributed by atoms with van der Waals surface area (Å²) in [6, 6.07) is 6.81. The number of hydrogen-bond acceptors (Lipinski definition) is 1. The summed E-state index contributed by atoms with van der Waals surface area (Å²) in [4.78, 5) is 10.4. The Balaban J connectivity index is 1.82. The minimum Gasteiger partial charge on any atom is -0.478 e. The van der Waals surface area contributed by atoms with Crippen molar-refractivity contribution >= 4 is 5.97 Å². The minimum absolute atomic E-state index is 0.184. The van der Waals surface area contributed by atoms with Crippen LogP contribution < -0.4 is 0 Å². The molecule has 0 amide bonds. The Morgan fingerprint density at radius 2 is 1.84 bits per heavy atom. The van der Waals surface area contributed by atoms with Crippen molar-refractivity contribution in [2.45, 2.75) is 38.0 Å². The van der Waals surface area contributed by atoms with E-state index in [4.69, 9.17) is 5.11 Å². The smallest absolute Gasteiger partial charge is 0.327 e. The SMILES string of the molecule is O=C(O)/C=C/CC1CCC(c2ccc(F)cc2)CC1. The summed E-state index contributed by atoms with van der Waals surface area (Å²) < 4.78 is 12.9. The summed E-state index contributed by atoms with van der Waals surface area (Å²) in [5.41, 5.74) is 1.22. The van der Waals surface area contributed by atoms with Gasteiger partial charge in [-0.05, 0) is 61.6 Å². The highest BCUT2D eigenvalue weighted by molar-refractivity contribution is 5.79. The average Bonchev–Trinajstić information content (AvgIpc) is 2.40. The molecule has 1 saturated carbocycles. The Bertz CT molecular complexity index is 442. The second kappa shape index (κ2) is 6.50. The number of carbonyl (C=O) groups is 1. The molecule has 102 valence electrons. The number of aliphatic carboxylic acids is 1. The van der Waals surface area contributed by atoms with E-state index in [-0.39, 0.29) is 5.82 Å². The molecule has 0 heterocycles. The van der Waals surface area contributed by atoms with Gasteiger partial charge in [-0.3, -0.25) is 0 Å². The number of carboxylic acids is 1. The van der Waals surface area contributed by atoms with E-state index >= 15 is 0 Å². The number of rotatable bonds is 4. The Morgan fingerprint density at radius 1 is 1.21 bits per heavy atom. The van der Waals surface area contributed by atoms with Gasteiger partial charge in [-0.1, -0.05) is 18.2 Å². The number of halogens is 1. The Kier molecular flexibility index (Phi) is 4.72. The highest BCUT2D eigenvalue weighted by Gasteiger charge is 2.21. The predicted molar refractivity (Wildman–Crippen MR) is 72.5 cm³/mol. The number of carboxylic acid groups (broad SMARTS) is 1. The van der Waals surface area contributed by atoms with Gasteiger partial charge in [0, 0.05) is 6.08 Å². The van der Waals surface area contributed by atoms with Gasteiger partial charge in [0.05, 0.1) is 0 Å².